The maximum atomic E-state index is 12.3. The molecule has 29 heavy (non-hydrogen) atoms. The summed E-state index contributed by atoms with van der Waals surface area (Å²) in [6.07, 6.45) is 0.137. The fraction of sp³-hybridized carbons (Fsp3) is 0.261. The number of nitrogens with one attached hydrogen (secondary N) is 1. The quantitative estimate of drug-likeness (QED) is 0.648. The summed E-state index contributed by atoms with van der Waals surface area (Å²) < 4.78 is 6.92. The van der Waals surface area contributed by atoms with Gasteiger partial charge in [-0.05, 0) is 56.5 Å². The first-order valence-corrected chi connectivity index (χ1v) is 9.48. The van der Waals surface area contributed by atoms with E-state index in [1.54, 1.807) is 4.68 Å². The maximum absolute atomic E-state index is 12.3. The molecule has 0 bridgehead atoms. The summed E-state index contributed by atoms with van der Waals surface area (Å²) in [5.74, 6) is -0.825. The number of aryl methyl sites for hydroxylation is 3. The van der Waals surface area contributed by atoms with Crippen molar-refractivity contribution in [3.05, 3.63) is 76.6 Å². The highest BCUT2D eigenvalue weighted by atomic mass is 16.5. The topological polar surface area (TPSA) is 73.2 Å². The van der Waals surface area contributed by atoms with E-state index in [-0.39, 0.29) is 13.0 Å². The highest BCUT2D eigenvalue weighted by Gasteiger charge is 2.16. The van der Waals surface area contributed by atoms with Crippen molar-refractivity contribution >= 4 is 17.6 Å². The van der Waals surface area contributed by atoms with Crippen molar-refractivity contribution in [2.75, 3.05) is 11.9 Å². The van der Waals surface area contributed by atoms with Gasteiger partial charge in [-0.2, -0.15) is 5.10 Å². The number of amides is 1. The third-order valence-corrected chi connectivity index (χ3v) is 4.84. The van der Waals surface area contributed by atoms with Crippen molar-refractivity contribution in [2.45, 2.75) is 34.1 Å². The lowest BCUT2D eigenvalue weighted by molar-refractivity contribution is -0.146. The lowest BCUT2D eigenvalue weighted by atomic mass is 10.0. The summed E-state index contributed by atoms with van der Waals surface area (Å²) in [4.78, 5) is 24.4. The van der Waals surface area contributed by atoms with E-state index in [1.807, 2.05) is 76.2 Å². The molecule has 0 aliphatic carbocycles. The van der Waals surface area contributed by atoms with Gasteiger partial charge in [0.05, 0.1) is 29.2 Å². The van der Waals surface area contributed by atoms with Crippen LogP contribution >= 0.6 is 0 Å². The van der Waals surface area contributed by atoms with E-state index in [0.29, 0.717) is 11.4 Å². The zero-order valence-corrected chi connectivity index (χ0v) is 17.2. The van der Waals surface area contributed by atoms with Crippen molar-refractivity contribution < 1.29 is 14.3 Å². The highest BCUT2D eigenvalue weighted by Crippen LogP contribution is 2.22. The highest BCUT2D eigenvalue weighted by molar-refractivity contribution is 5.94. The molecule has 1 aromatic heterocycles. The molecule has 0 aliphatic heterocycles. The molecule has 0 spiro atoms. The van der Waals surface area contributed by atoms with Crippen molar-refractivity contribution in [1.82, 2.24) is 9.78 Å². The number of nitrogens with zero attached hydrogens (tertiary/aromatic N) is 2. The zero-order valence-electron chi connectivity index (χ0n) is 17.2. The Hall–Kier alpha value is -3.41. The number of anilines is 1. The van der Waals surface area contributed by atoms with E-state index in [0.717, 1.165) is 22.5 Å². The predicted octanol–water partition coefficient (Wildman–Crippen LogP) is 3.83. The Kier molecular flexibility index (Phi) is 6.12. The zero-order chi connectivity index (χ0) is 21.0. The van der Waals surface area contributed by atoms with Crippen LogP contribution in [-0.4, -0.2) is 28.3 Å². The lowest BCUT2D eigenvalue weighted by Gasteiger charge is -2.09. The normalized spacial score (nSPS) is 10.6. The molecule has 0 aliphatic rings. The summed E-state index contributed by atoms with van der Waals surface area (Å²) in [6.45, 7) is 7.39. The molecule has 3 aromatic rings. The van der Waals surface area contributed by atoms with Crippen LogP contribution in [0.15, 0.2) is 48.5 Å². The Morgan fingerprint density at radius 1 is 1.00 bits per heavy atom. The van der Waals surface area contributed by atoms with Gasteiger partial charge in [0.2, 0.25) is 0 Å². The van der Waals surface area contributed by atoms with Crippen molar-refractivity contribution in [2.24, 2.45) is 0 Å². The molecule has 1 amide bonds. The van der Waals surface area contributed by atoms with Gasteiger partial charge in [-0.25, -0.2) is 4.68 Å². The predicted molar refractivity (Wildman–Crippen MR) is 112 cm³/mol. The number of carbonyl (C=O) groups is 2. The Balaban J connectivity index is 1.59. The molecule has 0 saturated carbocycles. The minimum Gasteiger partial charge on any atom is -0.455 e. The largest absolute Gasteiger partial charge is 0.455 e. The van der Waals surface area contributed by atoms with Crippen LogP contribution in [0.25, 0.3) is 5.69 Å². The summed E-state index contributed by atoms with van der Waals surface area (Å²) in [5.41, 5.74) is 6.20. The number of hydrogen-bond acceptors (Lipinski definition) is 4. The fourth-order valence-corrected chi connectivity index (χ4v) is 3.10. The molecule has 3 rings (SSSR count). The van der Waals surface area contributed by atoms with E-state index in [2.05, 4.69) is 10.4 Å². The van der Waals surface area contributed by atoms with E-state index < -0.39 is 11.9 Å². The van der Waals surface area contributed by atoms with Crippen LogP contribution in [0.3, 0.4) is 0 Å². The molecule has 6 nitrogen and oxygen atoms in total. The molecule has 0 saturated heterocycles. The second-order valence-corrected chi connectivity index (χ2v) is 7.10. The van der Waals surface area contributed by atoms with Crippen molar-refractivity contribution in [1.29, 1.82) is 0 Å². The Bertz CT molecular complexity index is 1040. The molecular weight excluding hydrogens is 366 g/mol. The number of carbonyl (C=O) groups excluding carboxylic acids is 2. The van der Waals surface area contributed by atoms with Crippen LogP contribution in [0.4, 0.5) is 5.69 Å². The smallest absolute Gasteiger partial charge is 0.310 e. The Labute approximate surface area is 170 Å². The van der Waals surface area contributed by atoms with E-state index in [9.17, 15) is 9.59 Å². The van der Waals surface area contributed by atoms with Crippen LogP contribution in [0.1, 0.15) is 28.1 Å². The Morgan fingerprint density at radius 3 is 2.41 bits per heavy atom. The minimum absolute atomic E-state index is 0.137. The average Bonchev–Trinajstić information content (AvgIpc) is 2.98. The molecule has 0 radical (unpaired) electrons. The maximum Gasteiger partial charge on any atom is 0.310 e. The molecular formula is C23H25N3O3. The third-order valence-electron chi connectivity index (χ3n) is 4.84. The number of aromatic nitrogens is 2. The first kappa shape index (κ1) is 20.3. The van der Waals surface area contributed by atoms with Crippen molar-refractivity contribution in [3.8, 4) is 5.69 Å². The van der Waals surface area contributed by atoms with Gasteiger partial charge < -0.3 is 10.1 Å². The number of rotatable bonds is 6. The van der Waals surface area contributed by atoms with E-state index in [4.69, 9.17) is 4.74 Å². The standard InChI is InChI=1S/C23H25N3O3/c1-15-10-11-19(12-16(15)2)13-22(28)29-14-21(27)24-23-17(3)25-26(18(23)4)20-8-6-5-7-9-20/h5-12H,13-14H2,1-4H3,(H,24,27). The van der Waals surface area contributed by atoms with Crippen LogP contribution in [0, 0.1) is 27.7 Å². The average molecular weight is 391 g/mol. The summed E-state index contributed by atoms with van der Waals surface area (Å²) in [6, 6.07) is 15.5. The summed E-state index contributed by atoms with van der Waals surface area (Å²) in [7, 11) is 0. The van der Waals surface area contributed by atoms with Gasteiger partial charge in [0.25, 0.3) is 5.91 Å². The first-order chi connectivity index (χ1) is 13.8. The van der Waals surface area contributed by atoms with Crippen LogP contribution in [0.2, 0.25) is 0 Å². The molecule has 0 unspecified atom stereocenters. The second-order valence-electron chi connectivity index (χ2n) is 7.10. The molecule has 1 heterocycles. The van der Waals surface area contributed by atoms with Crippen molar-refractivity contribution in [3.63, 3.8) is 0 Å². The van der Waals surface area contributed by atoms with Gasteiger partial charge in [0.15, 0.2) is 6.61 Å². The molecule has 150 valence electrons. The first-order valence-electron chi connectivity index (χ1n) is 9.48. The SMILES string of the molecule is Cc1ccc(CC(=O)OCC(=O)Nc2c(C)nn(-c3ccccc3)c2C)cc1C. The van der Waals surface area contributed by atoms with Gasteiger partial charge in [-0.3, -0.25) is 9.59 Å². The van der Waals surface area contributed by atoms with Gasteiger partial charge in [-0.15, -0.1) is 0 Å². The number of hydrogen-bond donors (Lipinski definition) is 1. The second kappa shape index (κ2) is 8.73. The third kappa shape index (κ3) is 4.90. The van der Waals surface area contributed by atoms with Gasteiger partial charge in [0.1, 0.15) is 0 Å². The molecule has 6 heteroatoms. The molecule has 0 fully saturated rings. The summed E-state index contributed by atoms with van der Waals surface area (Å²) in [5, 5.41) is 7.30. The summed E-state index contributed by atoms with van der Waals surface area (Å²) >= 11 is 0. The van der Waals surface area contributed by atoms with Crippen LogP contribution < -0.4 is 5.32 Å². The number of benzene rings is 2. The van der Waals surface area contributed by atoms with Gasteiger partial charge in [0, 0.05) is 0 Å². The van der Waals surface area contributed by atoms with Crippen LogP contribution in [-0.2, 0) is 20.7 Å². The number of ether oxygens (including phenoxy) is 1. The molecule has 2 aromatic carbocycles. The lowest BCUT2D eigenvalue weighted by Crippen LogP contribution is -2.22. The number of esters is 1. The molecule has 1 N–H and O–H groups in total. The fourth-order valence-electron chi connectivity index (χ4n) is 3.10. The van der Waals surface area contributed by atoms with Crippen LogP contribution in [0.5, 0.6) is 0 Å². The Morgan fingerprint density at radius 2 is 1.72 bits per heavy atom. The number of para-hydroxylation sites is 1. The van der Waals surface area contributed by atoms with E-state index >= 15 is 0 Å². The van der Waals surface area contributed by atoms with Gasteiger partial charge in [-0.1, -0.05) is 36.4 Å². The minimum atomic E-state index is -0.433. The molecule has 0 atom stereocenters. The van der Waals surface area contributed by atoms with E-state index in [1.165, 1.54) is 5.56 Å². The monoisotopic (exact) mass is 391 g/mol. The van der Waals surface area contributed by atoms with Gasteiger partial charge >= 0.3 is 5.97 Å².